The van der Waals surface area contributed by atoms with Crippen LogP contribution in [0.3, 0.4) is 0 Å². The highest BCUT2D eigenvalue weighted by atomic mass is 15.0. The predicted octanol–water partition coefficient (Wildman–Crippen LogP) is 2.84. The molecule has 76 valence electrons. The molecular formula is C12H13N3. The van der Waals surface area contributed by atoms with E-state index in [0.29, 0.717) is 0 Å². The summed E-state index contributed by atoms with van der Waals surface area (Å²) in [7, 11) is 0. The van der Waals surface area contributed by atoms with Gasteiger partial charge in [-0.2, -0.15) is 0 Å². The van der Waals surface area contributed by atoms with E-state index in [2.05, 4.69) is 34.3 Å². The summed E-state index contributed by atoms with van der Waals surface area (Å²) in [5, 5.41) is 3.23. The lowest BCUT2D eigenvalue weighted by molar-refractivity contribution is 1.10. The van der Waals surface area contributed by atoms with Gasteiger partial charge in [0.25, 0.3) is 0 Å². The van der Waals surface area contributed by atoms with Crippen LogP contribution in [0, 0.1) is 13.8 Å². The Morgan fingerprint density at radius 1 is 1.07 bits per heavy atom. The third-order valence-electron chi connectivity index (χ3n) is 2.09. The molecule has 2 aromatic rings. The minimum Gasteiger partial charge on any atom is -0.340 e. The maximum absolute atomic E-state index is 4.14. The van der Waals surface area contributed by atoms with Gasteiger partial charge >= 0.3 is 0 Å². The largest absolute Gasteiger partial charge is 0.340 e. The van der Waals surface area contributed by atoms with Crippen LogP contribution in [0.5, 0.6) is 0 Å². The van der Waals surface area contributed by atoms with Crippen molar-refractivity contribution < 1.29 is 0 Å². The molecule has 1 aromatic heterocycles. The summed E-state index contributed by atoms with van der Waals surface area (Å²) >= 11 is 0. The first-order valence-electron chi connectivity index (χ1n) is 4.86. The Kier molecular flexibility index (Phi) is 2.63. The maximum atomic E-state index is 4.14. The number of hydrogen-bond acceptors (Lipinski definition) is 3. The Hall–Kier alpha value is -1.90. The van der Waals surface area contributed by atoms with E-state index < -0.39 is 0 Å². The molecule has 0 fully saturated rings. The van der Waals surface area contributed by atoms with Crippen molar-refractivity contribution in [3.63, 3.8) is 0 Å². The Morgan fingerprint density at radius 3 is 2.67 bits per heavy atom. The second-order valence-electron chi connectivity index (χ2n) is 3.54. The zero-order chi connectivity index (χ0) is 10.7. The maximum Gasteiger partial charge on any atom is 0.133 e. The third kappa shape index (κ3) is 2.53. The van der Waals surface area contributed by atoms with E-state index >= 15 is 0 Å². The summed E-state index contributed by atoms with van der Waals surface area (Å²) in [5.74, 6) is 0.827. The molecule has 1 heterocycles. The van der Waals surface area contributed by atoms with E-state index in [9.17, 15) is 0 Å². The number of rotatable bonds is 2. The van der Waals surface area contributed by atoms with E-state index in [1.165, 1.54) is 5.56 Å². The number of anilines is 2. The topological polar surface area (TPSA) is 37.8 Å². The second-order valence-corrected chi connectivity index (χ2v) is 3.54. The number of benzene rings is 1. The number of aromatic nitrogens is 2. The molecule has 0 radical (unpaired) electrons. The molecule has 0 amide bonds. The van der Waals surface area contributed by atoms with Crippen molar-refractivity contribution in [3.05, 3.63) is 47.9 Å². The van der Waals surface area contributed by atoms with Gasteiger partial charge in [-0.25, -0.2) is 9.97 Å². The standard InChI is InChI=1S/C12H13N3/c1-9-4-3-5-11(6-9)15-12-7-10(2)13-8-14-12/h3-8H,1-2H3,(H,13,14,15). The fourth-order valence-electron chi connectivity index (χ4n) is 1.39. The van der Waals surface area contributed by atoms with Gasteiger partial charge in [0, 0.05) is 17.4 Å². The average Bonchev–Trinajstić information content (AvgIpc) is 2.17. The van der Waals surface area contributed by atoms with Gasteiger partial charge in [-0.1, -0.05) is 12.1 Å². The smallest absolute Gasteiger partial charge is 0.133 e. The van der Waals surface area contributed by atoms with Crippen LogP contribution in [0.4, 0.5) is 11.5 Å². The van der Waals surface area contributed by atoms with Gasteiger partial charge in [-0.3, -0.25) is 0 Å². The number of nitrogens with one attached hydrogen (secondary N) is 1. The Bertz CT molecular complexity index is 422. The fraction of sp³-hybridized carbons (Fsp3) is 0.167. The van der Waals surface area contributed by atoms with Crippen molar-refractivity contribution in [2.75, 3.05) is 5.32 Å². The molecule has 0 spiro atoms. The summed E-state index contributed by atoms with van der Waals surface area (Å²) in [6.07, 6.45) is 1.56. The molecule has 1 N–H and O–H groups in total. The second kappa shape index (κ2) is 4.09. The van der Waals surface area contributed by atoms with Crippen LogP contribution in [0.2, 0.25) is 0 Å². The minimum atomic E-state index is 0.827. The van der Waals surface area contributed by atoms with Gasteiger partial charge in [-0.15, -0.1) is 0 Å². The zero-order valence-corrected chi connectivity index (χ0v) is 8.86. The van der Waals surface area contributed by atoms with Gasteiger partial charge in [-0.05, 0) is 31.5 Å². The van der Waals surface area contributed by atoms with Crippen LogP contribution in [0.1, 0.15) is 11.3 Å². The summed E-state index contributed by atoms with van der Waals surface area (Å²) in [6.45, 7) is 4.01. The number of nitrogens with zero attached hydrogens (tertiary/aromatic N) is 2. The molecule has 0 saturated heterocycles. The molecule has 0 unspecified atom stereocenters. The highest BCUT2D eigenvalue weighted by molar-refractivity contribution is 5.56. The molecule has 15 heavy (non-hydrogen) atoms. The summed E-state index contributed by atoms with van der Waals surface area (Å²) < 4.78 is 0. The van der Waals surface area contributed by atoms with E-state index in [4.69, 9.17) is 0 Å². The van der Waals surface area contributed by atoms with Crippen LogP contribution in [-0.4, -0.2) is 9.97 Å². The molecule has 0 atom stereocenters. The third-order valence-corrected chi connectivity index (χ3v) is 2.09. The van der Waals surface area contributed by atoms with Gasteiger partial charge in [0.1, 0.15) is 12.1 Å². The molecule has 3 nitrogen and oxygen atoms in total. The van der Waals surface area contributed by atoms with Crippen LogP contribution < -0.4 is 5.32 Å². The molecular weight excluding hydrogens is 186 g/mol. The first kappa shape index (κ1) is 9.65. The van der Waals surface area contributed by atoms with Crippen LogP contribution in [-0.2, 0) is 0 Å². The van der Waals surface area contributed by atoms with Gasteiger partial charge in [0.15, 0.2) is 0 Å². The van der Waals surface area contributed by atoms with Crippen molar-refractivity contribution in [1.29, 1.82) is 0 Å². The first-order valence-corrected chi connectivity index (χ1v) is 4.86. The minimum absolute atomic E-state index is 0.827. The van der Waals surface area contributed by atoms with Gasteiger partial charge < -0.3 is 5.32 Å². The fourth-order valence-corrected chi connectivity index (χ4v) is 1.39. The highest BCUT2D eigenvalue weighted by Crippen LogP contribution is 2.15. The highest BCUT2D eigenvalue weighted by Gasteiger charge is 1.96. The number of aryl methyl sites for hydroxylation is 2. The summed E-state index contributed by atoms with van der Waals surface area (Å²) in [5.41, 5.74) is 3.24. The van der Waals surface area contributed by atoms with Crippen molar-refractivity contribution in [3.8, 4) is 0 Å². The van der Waals surface area contributed by atoms with Crippen molar-refractivity contribution in [2.45, 2.75) is 13.8 Å². The van der Waals surface area contributed by atoms with E-state index in [1.807, 2.05) is 25.1 Å². The van der Waals surface area contributed by atoms with E-state index in [-0.39, 0.29) is 0 Å². The normalized spacial score (nSPS) is 10.0. The Morgan fingerprint density at radius 2 is 1.93 bits per heavy atom. The van der Waals surface area contributed by atoms with E-state index in [1.54, 1.807) is 6.33 Å². The number of hydrogen-bond donors (Lipinski definition) is 1. The first-order chi connectivity index (χ1) is 7.24. The summed E-state index contributed by atoms with van der Waals surface area (Å²) in [6, 6.07) is 10.1. The van der Waals surface area contributed by atoms with E-state index in [0.717, 1.165) is 17.2 Å². The van der Waals surface area contributed by atoms with Crippen LogP contribution >= 0.6 is 0 Å². The van der Waals surface area contributed by atoms with Crippen LogP contribution in [0.15, 0.2) is 36.7 Å². The lowest BCUT2D eigenvalue weighted by Gasteiger charge is -2.06. The van der Waals surface area contributed by atoms with Crippen LogP contribution in [0.25, 0.3) is 0 Å². The predicted molar refractivity (Wildman–Crippen MR) is 61.2 cm³/mol. The zero-order valence-electron chi connectivity index (χ0n) is 8.86. The molecule has 0 saturated carbocycles. The average molecular weight is 199 g/mol. The van der Waals surface area contributed by atoms with Gasteiger partial charge in [0.05, 0.1) is 0 Å². The van der Waals surface area contributed by atoms with Crippen molar-refractivity contribution in [2.24, 2.45) is 0 Å². The van der Waals surface area contributed by atoms with Crippen molar-refractivity contribution in [1.82, 2.24) is 9.97 Å². The molecule has 3 heteroatoms. The summed E-state index contributed by atoms with van der Waals surface area (Å²) in [4.78, 5) is 8.19. The Labute approximate surface area is 89.2 Å². The molecule has 0 aliphatic heterocycles. The molecule has 0 aliphatic carbocycles. The Balaban J connectivity index is 2.22. The van der Waals surface area contributed by atoms with Gasteiger partial charge in [0.2, 0.25) is 0 Å². The SMILES string of the molecule is Cc1cccc(Nc2cc(C)ncn2)c1. The molecule has 2 rings (SSSR count). The monoisotopic (exact) mass is 199 g/mol. The van der Waals surface area contributed by atoms with Crippen molar-refractivity contribution >= 4 is 11.5 Å². The lowest BCUT2D eigenvalue weighted by atomic mass is 10.2. The molecule has 1 aromatic carbocycles. The molecule has 0 bridgehead atoms. The quantitative estimate of drug-likeness (QED) is 0.808. The lowest BCUT2D eigenvalue weighted by Crippen LogP contribution is -1.95. The molecule has 0 aliphatic rings.